The van der Waals surface area contributed by atoms with Gasteiger partial charge in [0, 0.05) is 22.8 Å². The second-order valence-electron chi connectivity index (χ2n) is 4.18. The summed E-state index contributed by atoms with van der Waals surface area (Å²) in [7, 11) is -3.88. The van der Waals surface area contributed by atoms with E-state index in [2.05, 4.69) is 5.32 Å². The zero-order valence-electron chi connectivity index (χ0n) is 11.2. The average molecular weight is 330 g/mol. The van der Waals surface area contributed by atoms with Crippen LogP contribution in [0.25, 0.3) is 0 Å². The van der Waals surface area contributed by atoms with Gasteiger partial charge in [0.05, 0.1) is 11.3 Å². The predicted molar refractivity (Wildman–Crippen MR) is 72.3 cm³/mol. The fraction of sp³-hybridized carbons (Fsp3) is 0.636. The van der Waals surface area contributed by atoms with Crippen LogP contribution in [-0.2, 0) is 16.6 Å². The Labute approximate surface area is 120 Å². The molecule has 1 aromatic rings. The molecular formula is C11H17F3N2O2S2. The van der Waals surface area contributed by atoms with Gasteiger partial charge in [-0.25, -0.2) is 13.1 Å². The smallest absolute Gasteiger partial charge is 0.312 e. The lowest BCUT2D eigenvalue weighted by Crippen LogP contribution is -2.28. The van der Waals surface area contributed by atoms with Gasteiger partial charge in [-0.2, -0.15) is 13.2 Å². The molecular weight excluding hydrogens is 313 g/mol. The number of alkyl halides is 3. The van der Waals surface area contributed by atoms with Crippen LogP contribution in [-0.4, -0.2) is 27.7 Å². The van der Waals surface area contributed by atoms with E-state index in [0.717, 1.165) is 11.4 Å². The second-order valence-corrected chi connectivity index (χ2v) is 7.25. The summed E-state index contributed by atoms with van der Waals surface area (Å²) >= 11 is 1.32. The predicted octanol–water partition coefficient (Wildman–Crippen LogP) is 2.40. The lowest BCUT2D eigenvalue weighted by atomic mass is 10.4. The van der Waals surface area contributed by atoms with E-state index in [4.69, 9.17) is 0 Å². The van der Waals surface area contributed by atoms with Crippen LogP contribution in [0.3, 0.4) is 0 Å². The van der Waals surface area contributed by atoms with Gasteiger partial charge < -0.3 is 5.32 Å². The minimum absolute atomic E-state index is 0.0533. The molecule has 0 amide bonds. The van der Waals surface area contributed by atoms with Crippen molar-refractivity contribution in [1.82, 2.24) is 10.0 Å². The van der Waals surface area contributed by atoms with Crippen molar-refractivity contribution in [3.8, 4) is 0 Å². The molecule has 1 rings (SSSR count). The first-order valence-corrected chi connectivity index (χ1v) is 8.32. The van der Waals surface area contributed by atoms with Crippen LogP contribution in [0.5, 0.6) is 0 Å². The van der Waals surface area contributed by atoms with E-state index in [0.29, 0.717) is 11.4 Å². The van der Waals surface area contributed by atoms with E-state index in [-0.39, 0.29) is 4.90 Å². The monoisotopic (exact) mass is 330 g/mol. The van der Waals surface area contributed by atoms with Crippen molar-refractivity contribution in [3.63, 3.8) is 0 Å². The van der Waals surface area contributed by atoms with E-state index in [1.165, 1.54) is 17.4 Å². The molecule has 0 bridgehead atoms. The highest BCUT2D eigenvalue weighted by Crippen LogP contribution is 2.26. The molecule has 0 unspecified atom stereocenters. The Morgan fingerprint density at radius 2 is 2.00 bits per heavy atom. The Morgan fingerprint density at radius 1 is 1.35 bits per heavy atom. The summed E-state index contributed by atoms with van der Waals surface area (Å²) in [4.78, 5) is 1.45. The lowest BCUT2D eigenvalue weighted by molar-refractivity contribution is -0.132. The summed E-state index contributed by atoms with van der Waals surface area (Å²) in [6.07, 6.45) is -5.55. The van der Waals surface area contributed by atoms with Gasteiger partial charge in [-0.3, -0.25) is 0 Å². The molecule has 0 aliphatic carbocycles. The quantitative estimate of drug-likeness (QED) is 0.807. The Morgan fingerprint density at radius 3 is 2.55 bits per heavy atom. The van der Waals surface area contributed by atoms with E-state index in [1.54, 1.807) is 6.92 Å². The number of sulfonamides is 1. The SMILES string of the molecule is CCNCc1cc(S(=O)(=O)NCCC(F)(F)F)c(C)s1. The molecule has 0 aliphatic heterocycles. The van der Waals surface area contributed by atoms with Gasteiger partial charge in [-0.15, -0.1) is 11.3 Å². The first-order chi connectivity index (χ1) is 9.15. The molecule has 0 fully saturated rings. The third kappa shape index (κ3) is 5.39. The number of hydrogen-bond acceptors (Lipinski definition) is 4. The number of hydrogen-bond donors (Lipinski definition) is 2. The van der Waals surface area contributed by atoms with Crippen molar-refractivity contribution in [1.29, 1.82) is 0 Å². The largest absolute Gasteiger partial charge is 0.390 e. The molecule has 9 heteroatoms. The minimum atomic E-state index is -4.37. The fourth-order valence-corrected chi connectivity index (χ4v) is 4.17. The van der Waals surface area contributed by atoms with Gasteiger partial charge in [0.25, 0.3) is 0 Å². The summed E-state index contributed by atoms with van der Waals surface area (Å²) in [6.45, 7) is 4.21. The Bertz CT molecular complexity index is 538. The first-order valence-electron chi connectivity index (χ1n) is 6.02. The molecule has 2 N–H and O–H groups in total. The standard InChI is InChI=1S/C11H17F3N2O2S2/c1-3-15-7-9-6-10(8(2)19-9)20(17,18)16-5-4-11(12,13)14/h6,15-16H,3-5,7H2,1-2H3. The number of aryl methyl sites for hydroxylation is 1. The number of nitrogens with one attached hydrogen (secondary N) is 2. The fourth-order valence-electron chi connectivity index (χ4n) is 1.53. The van der Waals surface area contributed by atoms with Gasteiger partial charge >= 0.3 is 6.18 Å². The van der Waals surface area contributed by atoms with Crippen LogP contribution < -0.4 is 10.0 Å². The van der Waals surface area contributed by atoms with Crippen LogP contribution in [0.1, 0.15) is 23.1 Å². The molecule has 4 nitrogen and oxygen atoms in total. The summed E-state index contributed by atoms with van der Waals surface area (Å²) in [6, 6.07) is 1.50. The Hall–Kier alpha value is -0.640. The van der Waals surface area contributed by atoms with Crippen molar-refractivity contribution >= 4 is 21.4 Å². The van der Waals surface area contributed by atoms with Crippen molar-refractivity contribution in [3.05, 3.63) is 15.8 Å². The second kappa shape index (κ2) is 6.88. The molecule has 0 atom stereocenters. The van der Waals surface area contributed by atoms with Gasteiger partial charge in [-0.05, 0) is 19.5 Å². The average Bonchev–Trinajstić information content (AvgIpc) is 2.66. The molecule has 1 aromatic heterocycles. The number of halogens is 3. The zero-order chi connectivity index (χ0) is 15.4. The summed E-state index contributed by atoms with van der Waals surface area (Å²) in [5.41, 5.74) is 0. The molecule has 0 saturated heterocycles. The van der Waals surface area contributed by atoms with Crippen LogP contribution in [0, 0.1) is 6.92 Å². The normalized spacial score (nSPS) is 12.8. The van der Waals surface area contributed by atoms with Crippen molar-refractivity contribution in [2.75, 3.05) is 13.1 Å². The third-order valence-electron chi connectivity index (χ3n) is 2.46. The molecule has 1 heterocycles. The van der Waals surface area contributed by atoms with Crippen LogP contribution in [0.15, 0.2) is 11.0 Å². The molecule has 0 aromatic carbocycles. The molecule has 20 heavy (non-hydrogen) atoms. The maximum atomic E-state index is 12.0. The number of rotatable bonds is 7. The zero-order valence-corrected chi connectivity index (χ0v) is 12.8. The lowest BCUT2D eigenvalue weighted by Gasteiger charge is -2.08. The molecule has 0 aliphatic rings. The summed E-state index contributed by atoms with van der Waals surface area (Å²) < 4.78 is 61.9. The van der Waals surface area contributed by atoms with Gasteiger partial charge in [0.1, 0.15) is 0 Å². The molecule has 0 spiro atoms. The number of thiophene rings is 1. The molecule has 0 saturated carbocycles. The summed E-state index contributed by atoms with van der Waals surface area (Å²) in [5, 5.41) is 3.07. The van der Waals surface area contributed by atoms with Crippen molar-refractivity contribution < 1.29 is 21.6 Å². The van der Waals surface area contributed by atoms with Gasteiger partial charge in [0.2, 0.25) is 10.0 Å². The van der Waals surface area contributed by atoms with Crippen molar-refractivity contribution in [2.24, 2.45) is 0 Å². The Balaban J connectivity index is 2.74. The van der Waals surface area contributed by atoms with Crippen LogP contribution in [0.2, 0.25) is 0 Å². The molecule has 116 valence electrons. The highest BCUT2D eigenvalue weighted by molar-refractivity contribution is 7.89. The van der Waals surface area contributed by atoms with E-state index in [9.17, 15) is 21.6 Å². The van der Waals surface area contributed by atoms with E-state index in [1.807, 2.05) is 11.6 Å². The summed E-state index contributed by atoms with van der Waals surface area (Å²) in [5.74, 6) is 0. The topological polar surface area (TPSA) is 58.2 Å². The highest BCUT2D eigenvalue weighted by Gasteiger charge is 2.28. The van der Waals surface area contributed by atoms with E-state index >= 15 is 0 Å². The van der Waals surface area contributed by atoms with E-state index < -0.39 is 29.2 Å². The van der Waals surface area contributed by atoms with Crippen molar-refractivity contribution in [2.45, 2.75) is 37.9 Å². The maximum absolute atomic E-state index is 12.0. The van der Waals surface area contributed by atoms with Crippen LogP contribution in [0.4, 0.5) is 13.2 Å². The first kappa shape index (κ1) is 17.4. The molecule has 0 radical (unpaired) electrons. The van der Waals surface area contributed by atoms with Gasteiger partial charge in [-0.1, -0.05) is 6.92 Å². The third-order valence-corrected chi connectivity index (χ3v) is 5.23. The minimum Gasteiger partial charge on any atom is -0.312 e. The highest BCUT2D eigenvalue weighted by atomic mass is 32.2. The van der Waals surface area contributed by atoms with Crippen LogP contribution >= 0.6 is 11.3 Å². The van der Waals surface area contributed by atoms with Gasteiger partial charge in [0.15, 0.2) is 0 Å². The maximum Gasteiger partial charge on any atom is 0.390 e. The Kier molecular flexibility index (Phi) is 5.99.